The minimum absolute atomic E-state index is 0.254. The minimum atomic E-state index is 0.254. The summed E-state index contributed by atoms with van der Waals surface area (Å²) in [4.78, 5) is 2.39. The van der Waals surface area contributed by atoms with Crippen LogP contribution < -0.4 is 5.32 Å². The van der Waals surface area contributed by atoms with E-state index in [0.717, 1.165) is 13.0 Å². The van der Waals surface area contributed by atoms with Gasteiger partial charge in [-0.25, -0.2) is 0 Å². The zero-order chi connectivity index (χ0) is 23.1. The Hall–Kier alpha value is -3.78. The molecule has 0 spiro atoms. The maximum absolute atomic E-state index is 3.62. The first kappa shape index (κ1) is 20.8. The van der Waals surface area contributed by atoms with Crippen molar-refractivity contribution in [2.45, 2.75) is 26.3 Å². The van der Waals surface area contributed by atoms with Crippen LogP contribution in [0.2, 0.25) is 0 Å². The first-order valence-electron chi connectivity index (χ1n) is 12.2. The number of hydrogen-bond donors (Lipinski definition) is 1. The topological polar surface area (TPSA) is 15.3 Å². The minimum Gasteiger partial charge on any atom is -0.381 e. The highest BCUT2D eigenvalue weighted by molar-refractivity contribution is 5.84. The number of benzene rings is 2. The van der Waals surface area contributed by atoms with Crippen LogP contribution in [0.25, 0.3) is 16.8 Å². The molecule has 34 heavy (non-hydrogen) atoms. The van der Waals surface area contributed by atoms with Crippen LogP contribution in [0.5, 0.6) is 0 Å². The van der Waals surface area contributed by atoms with Crippen LogP contribution >= 0.6 is 0 Å². The predicted octanol–water partition coefficient (Wildman–Crippen LogP) is 7.02. The van der Waals surface area contributed by atoms with E-state index in [-0.39, 0.29) is 6.04 Å². The Morgan fingerprint density at radius 3 is 2.53 bits per heavy atom. The number of fused-ring (bicyclic) bond motifs is 3. The fourth-order valence-corrected chi connectivity index (χ4v) is 5.40. The van der Waals surface area contributed by atoms with Crippen LogP contribution in [0.4, 0.5) is 0 Å². The largest absolute Gasteiger partial charge is 0.381 e. The van der Waals surface area contributed by atoms with Gasteiger partial charge >= 0.3 is 0 Å². The molecule has 0 saturated heterocycles. The Morgan fingerprint density at radius 2 is 1.74 bits per heavy atom. The number of aryl methyl sites for hydroxylation is 1. The second-order valence-corrected chi connectivity index (χ2v) is 9.66. The second-order valence-electron chi connectivity index (χ2n) is 9.66. The van der Waals surface area contributed by atoms with Crippen LogP contribution in [0.15, 0.2) is 115 Å². The van der Waals surface area contributed by atoms with E-state index in [9.17, 15) is 0 Å². The van der Waals surface area contributed by atoms with Crippen molar-refractivity contribution in [1.82, 2.24) is 10.2 Å². The molecule has 3 heterocycles. The summed E-state index contributed by atoms with van der Waals surface area (Å²) in [6.45, 7) is 5.21. The van der Waals surface area contributed by atoms with Crippen molar-refractivity contribution < 1.29 is 0 Å². The number of nitrogens with one attached hydrogen (secondary N) is 1. The summed E-state index contributed by atoms with van der Waals surface area (Å²) in [7, 11) is 0. The molecule has 4 aliphatic rings. The maximum atomic E-state index is 3.62. The van der Waals surface area contributed by atoms with E-state index < -0.39 is 0 Å². The molecule has 2 unspecified atom stereocenters. The summed E-state index contributed by atoms with van der Waals surface area (Å²) in [6, 6.07) is 18.0. The van der Waals surface area contributed by atoms with E-state index in [0.29, 0.717) is 5.92 Å². The first-order valence-corrected chi connectivity index (χ1v) is 12.2. The molecule has 1 aliphatic carbocycles. The van der Waals surface area contributed by atoms with Crippen LogP contribution in [0, 0.1) is 12.8 Å². The molecule has 3 aliphatic heterocycles. The number of dihydropyridines is 1. The summed E-state index contributed by atoms with van der Waals surface area (Å²) >= 11 is 0. The highest BCUT2D eigenvalue weighted by Gasteiger charge is 2.35. The Kier molecular flexibility index (Phi) is 5.22. The molecule has 2 aromatic rings. The fourth-order valence-electron chi connectivity index (χ4n) is 5.40. The van der Waals surface area contributed by atoms with E-state index in [1.54, 1.807) is 0 Å². The van der Waals surface area contributed by atoms with Crippen molar-refractivity contribution in [2.75, 3.05) is 6.54 Å². The summed E-state index contributed by atoms with van der Waals surface area (Å²) in [5.74, 6) is 0.385. The average Bonchev–Trinajstić information content (AvgIpc) is 2.89. The Labute approximate surface area is 202 Å². The quantitative estimate of drug-likeness (QED) is 0.549. The molecule has 2 atom stereocenters. The normalized spacial score (nSPS) is 23.0. The molecule has 0 amide bonds. The van der Waals surface area contributed by atoms with Gasteiger partial charge in [-0.3, -0.25) is 0 Å². The van der Waals surface area contributed by atoms with Crippen molar-refractivity contribution in [3.05, 3.63) is 137 Å². The Bertz CT molecular complexity index is 1340. The Morgan fingerprint density at radius 1 is 0.912 bits per heavy atom. The van der Waals surface area contributed by atoms with Gasteiger partial charge in [0.15, 0.2) is 0 Å². The summed E-state index contributed by atoms with van der Waals surface area (Å²) in [5.41, 5.74) is 11.9. The highest BCUT2D eigenvalue weighted by atomic mass is 15.1. The molecule has 2 heteroatoms. The summed E-state index contributed by atoms with van der Waals surface area (Å²) in [5, 5.41) is 3.62. The monoisotopic (exact) mass is 442 g/mol. The Balaban J connectivity index is 1.42. The average molecular weight is 443 g/mol. The highest BCUT2D eigenvalue weighted by Crippen LogP contribution is 2.45. The van der Waals surface area contributed by atoms with Gasteiger partial charge in [0, 0.05) is 36.1 Å². The zero-order valence-corrected chi connectivity index (χ0v) is 19.8. The van der Waals surface area contributed by atoms with Gasteiger partial charge in [-0.1, -0.05) is 84.0 Å². The van der Waals surface area contributed by atoms with Crippen LogP contribution in [-0.4, -0.2) is 17.5 Å². The van der Waals surface area contributed by atoms with Gasteiger partial charge in [-0.2, -0.15) is 0 Å². The molecule has 0 radical (unpaired) electrons. The zero-order valence-electron chi connectivity index (χ0n) is 19.8. The molecule has 0 fully saturated rings. The van der Waals surface area contributed by atoms with Gasteiger partial charge in [0.1, 0.15) is 0 Å². The standard InChI is InChI=1S/C32H30N2/c1-22-11-14-24(15-12-22)25-17-18-34-21-30(27-8-4-6-10-29(27)32(34)19-25)26-7-3-5-9-28(26)31-16-13-23(2)20-33-31/h3-7,9-19,21,27,32-33H,8,20H2,1-2H3. The van der Waals surface area contributed by atoms with Crippen LogP contribution in [0.1, 0.15) is 35.6 Å². The molecule has 6 rings (SSSR count). The molecule has 1 N–H and O–H groups in total. The lowest BCUT2D eigenvalue weighted by Gasteiger charge is -2.42. The number of rotatable bonds is 3. The molecule has 2 aromatic carbocycles. The third-order valence-electron chi connectivity index (χ3n) is 7.29. The van der Waals surface area contributed by atoms with Crippen LogP contribution in [0.3, 0.4) is 0 Å². The van der Waals surface area contributed by atoms with E-state index >= 15 is 0 Å². The van der Waals surface area contributed by atoms with Crippen molar-refractivity contribution in [3.8, 4) is 0 Å². The molecule has 2 nitrogen and oxygen atoms in total. The molecular formula is C32H30N2. The number of hydrogen-bond acceptors (Lipinski definition) is 2. The molecule has 0 saturated carbocycles. The van der Waals surface area contributed by atoms with Gasteiger partial charge in [-0.05, 0) is 66.3 Å². The number of nitrogens with zero attached hydrogens (tertiary/aromatic N) is 1. The van der Waals surface area contributed by atoms with E-state index in [2.05, 4.69) is 128 Å². The molecule has 168 valence electrons. The van der Waals surface area contributed by atoms with Gasteiger partial charge in [-0.15, -0.1) is 0 Å². The summed E-state index contributed by atoms with van der Waals surface area (Å²) in [6.07, 6.45) is 21.7. The molecular weight excluding hydrogens is 412 g/mol. The SMILES string of the molecule is CC1=CC=C(c2ccccc2C2=CN3C=CC(c4ccc(C)cc4)=CC3C3=CC=CCC23)NC1. The summed E-state index contributed by atoms with van der Waals surface area (Å²) < 4.78 is 0. The predicted molar refractivity (Wildman–Crippen MR) is 143 cm³/mol. The lowest BCUT2D eigenvalue weighted by atomic mass is 9.74. The van der Waals surface area contributed by atoms with E-state index in [4.69, 9.17) is 0 Å². The third kappa shape index (κ3) is 3.70. The second kappa shape index (κ2) is 8.53. The van der Waals surface area contributed by atoms with Gasteiger partial charge in [0.2, 0.25) is 0 Å². The smallest absolute Gasteiger partial charge is 0.0742 e. The molecule has 0 aromatic heterocycles. The van der Waals surface area contributed by atoms with E-state index in [1.165, 1.54) is 50.2 Å². The van der Waals surface area contributed by atoms with Gasteiger partial charge in [0.25, 0.3) is 0 Å². The maximum Gasteiger partial charge on any atom is 0.0742 e. The van der Waals surface area contributed by atoms with Crippen molar-refractivity contribution in [1.29, 1.82) is 0 Å². The van der Waals surface area contributed by atoms with Crippen molar-refractivity contribution in [2.24, 2.45) is 5.92 Å². The fraction of sp³-hybridized carbons (Fsp3) is 0.188. The van der Waals surface area contributed by atoms with Crippen LogP contribution in [-0.2, 0) is 0 Å². The van der Waals surface area contributed by atoms with E-state index in [1.807, 2.05) is 0 Å². The third-order valence-corrected chi connectivity index (χ3v) is 7.29. The lowest BCUT2D eigenvalue weighted by Crippen LogP contribution is -2.37. The lowest BCUT2D eigenvalue weighted by molar-refractivity contribution is 0.422. The van der Waals surface area contributed by atoms with Crippen molar-refractivity contribution >= 4 is 16.8 Å². The first-order chi connectivity index (χ1) is 16.7. The van der Waals surface area contributed by atoms with Crippen molar-refractivity contribution in [3.63, 3.8) is 0 Å². The number of allylic oxidation sites excluding steroid dienone is 8. The van der Waals surface area contributed by atoms with Gasteiger partial charge in [0.05, 0.1) is 6.04 Å². The van der Waals surface area contributed by atoms with Gasteiger partial charge < -0.3 is 10.2 Å². The molecule has 0 bridgehead atoms.